The van der Waals surface area contributed by atoms with E-state index in [1.165, 1.54) is 0 Å². The highest BCUT2D eigenvalue weighted by atomic mass is 35.5. The zero-order valence-electron chi connectivity index (χ0n) is 11.3. The van der Waals surface area contributed by atoms with Crippen LogP contribution in [-0.4, -0.2) is 12.5 Å². The van der Waals surface area contributed by atoms with Crippen LogP contribution in [0.4, 0.5) is 11.4 Å². The molecule has 2 aromatic rings. The highest BCUT2D eigenvalue weighted by molar-refractivity contribution is 6.35. The zero-order chi connectivity index (χ0) is 15.4. The Morgan fingerprint density at radius 3 is 2.71 bits per heavy atom. The Kier molecular flexibility index (Phi) is 4.94. The lowest BCUT2D eigenvalue weighted by molar-refractivity contribution is -0.118. The van der Waals surface area contributed by atoms with E-state index in [2.05, 4.69) is 5.32 Å². The van der Waals surface area contributed by atoms with Crippen LogP contribution < -0.4 is 15.8 Å². The summed E-state index contributed by atoms with van der Waals surface area (Å²) in [5.41, 5.74) is 7.62. The van der Waals surface area contributed by atoms with Crippen molar-refractivity contribution in [1.29, 1.82) is 0 Å². The van der Waals surface area contributed by atoms with E-state index in [-0.39, 0.29) is 12.5 Å². The van der Waals surface area contributed by atoms with E-state index in [9.17, 15) is 4.79 Å². The standard InChI is InChI=1S/C15H14Cl2N2O2/c1-9-6-11(18)3-5-14(9)21-8-15(20)19-13-7-10(16)2-4-12(13)17/h2-7H,8,18H2,1H3,(H,19,20). The minimum absolute atomic E-state index is 0.131. The summed E-state index contributed by atoms with van der Waals surface area (Å²) in [6, 6.07) is 10.1. The molecule has 0 aliphatic rings. The number of nitrogens with two attached hydrogens (primary N) is 1. The Hall–Kier alpha value is -1.91. The fourth-order valence-corrected chi connectivity index (χ4v) is 2.09. The largest absolute Gasteiger partial charge is 0.483 e. The van der Waals surface area contributed by atoms with Gasteiger partial charge in [0.1, 0.15) is 5.75 Å². The molecule has 110 valence electrons. The molecule has 2 aromatic carbocycles. The number of carbonyl (C=O) groups is 1. The summed E-state index contributed by atoms with van der Waals surface area (Å²) in [6.07, 6.45) is 0. The van der Waals surface area contributed by atoms with E-state index in [0.29, 0.717) is 27.2 Å². The smallest absolute Gasteiger partial charge is 0.262 e. The lowest BCUT2D eigenvalue weighted by atomic mass is 10.2. The molecule has 0 radical (unpaired) electrons. The highest BCUT2D eigenvalue weighted by Gasteiger charge is 2.08. The summed E-state index contributed by atoms with van der Waals surface area (Å²) >= 11 is 11.8. The number of hydrogen-bond donors (Lipinski definition) is 2. The number of carbonyl (C=O) groups excluding carboxylic acids is 1. The zero-order valence-corrected chi connectivity index (χ0v) is 12.8. The van der Waals surface area contributed by atoms with Crippen molar-refractivity contribution < 1.29 is 9.53 Å². The summed E-state index contributed by atoms with van der Waals surface area (Å²) in [7, 11) is 0. The number of aryl methyl sites for hydroxylation is 1. The molecular formula is C15H14Cl2N2O2. The van der Waals surface area contributed by atoms with Crippen molar-refractivity contribution in [2.45, 2.75) is 6.92 Å². The van der Waals surface area contributed by atoms with Crippen molar-refractivity contribution in [2.24, 2.45) is 0 Å². The van der Waals surface area contributed by atoms with Gasteiger partial charge in [-0.25, -0.2) is 0 Å². The molecule has 21 heavy (non-hydrogen) atoms. The second kappa shape index (κ2) is 6.70. The molecule has 0 atom stereocenters. The predicted octanol–water partition coefficient (Wildman–Crippen LogP) is 3.90. The van der Waals surface area contributed by atoms with Crippen LogP contribution in [0.15, 0.2) is 36.4 Å². The van der Waals surface area contributed by atoms with Crippen LogP contribution in [0.5, 0.6) is 5.75 Å². The van der Waals surface area contributed by atoms with Gasteiger partial charge in [0, 0.05) is 10.7 Å². The van der Waals surface area contributed by atoms with E-state index in [4.69, 9.17) is 33.7 Å². The Bertz CT molecular complexity index is 675. The van der Waals surface area contributed by atoms with Gasteiger partial charge >= 0.3 is 0 Å². The lowest BCUT2D eigenvalue weighted by Gasteiger charge is -2.11. The monoisotopic (exact) mass is 324 g/mol. The van der Waals surface area contributed by atoms with Crippen molar-refractivity contribution in [2.75, 3.05) is 17.7 Å². The summed E-state index contributed by atoms with van der Waals surface area (Å²) < 4.78 is 5.45. The quantitative estimate of drug-likeness (QED) is 0.838. The van der Waals surface area contributed by atoms with Crippen LogP contribution in [-0.2, 0) is 4.79 Å². The fourth-order valence-electron chi connectivity index (χ4n) is 1.76. The number of hydrogen-bond acceptors (Lipinski definition) is 3. The van der Waals surface area contributed by atoms with Crippen LogP contribution in [0.25, 0.3) is 0 Å². The summed E-state index contributed by atoms with van der Waals surface area (Å²) in [5, 5.41) is 3.55. The number of nitrogens with one attached hydrogen (secondary N) is 1. The molecule has 0 heterocycles. The normalized spacial score (nSPS) is 10.2. The average molecular weight is 325 g/mol. The van der Waals surface area contributed by atoms with Crippen molar-refractivity contribution in [3.05, 3.63) is 52.0 Å². The highest BCUT2D eigenvalue weighted by Crippen LogP contribution is 2.25. The van der Waals surface area contributed by atoms with Crippen LogP contribution >= 0.6 is 23.2 Å². The van der Waals surface area contributed by atoms with Gasteiger partial charge in [-0.3, -0.25) is 4.79 Å². The van der Waals surface area contributed by atoms with E-state index in [1.54, 1.807) is 36.4 Å². The predicted molar refractivity (Wildman–Crippen MR) is 86.2 cm³/mol. The van der Waals surface area contributed by atoms with E-state index >= 15 is 0 Å². The molecule has 6 heteroatoms. The second-order valence-corrected chi connectivity index (χ2v) is 5.33. The van der Waals surface area contributed by atoms with Gasteiger partial charge in [-0.05, 0) is 48.9 Å². The third-order valence-corrected chi connectivity index (χ3v) is 3.32. The minimum Gasteiger partial charge on any atom is -0.483 e. The SMILES string of the molecule is Cc1cc(N)ccc1OCC(=O)Nc1cc(Cl)ccc1Cl. The molecule has 0 fully saturated rings. The number of anilines is 2. The summed E-state index contributed by atoms with van der Waals surface area (Å²) in [4.78, 5) is 11.9. The fraction of sp³-hybridized carbons (Fsp3) is 0.133. The summed E-state index contributed by atoms with van der Waals surface area (Å²) in [6.45, 7) is 1.73. The Labute approximate surface area is 132 Å². The maximum absolute atomic E-state index is 11.9. The van der Waals surface area contributed by atoms with Crippen molar-refractivity contribution in [3.63, 3.8) is 0 Å². The molecule has 0 aliphatic carbocycles. The van der Waals surface area contributed by atoms with Crippen molar-refractivity contribution in [1.82, 2.24) is 0 Å². The molecule has 1 amide bonds. The topological polar surface area (TPSA) is 64.3 Å². The first-order valence-electron chi connectivity index (χ1n) is 6.19. The van der Waals surface area contributed by atoms with Crippen molar-refractivity contribution in [3.8, 4) is 5.75 Å². The molecule has 2 rings (SSSR count). The third kappa shape index (κ3) is 4.28. The molecule has 0 unspecified atom stereocenters. The van der Waals surface area contributed by atoms with Crippen molar-refractivity contribution >= 4 is 40.5 Å². The Morgan fingerprint density at radius 2 is 2.00 bits per heavy atom. The van der Waals surface area contributed by atoms with Crippen LogP contribution in [0, 0.1) is 6.92 Å². The Balaban J connectivity index is 1.97. The number of nitrogen functional groups attached to an aromatic ring is 1. The first-order chi connectivity index (χ1) is 9.95. The number of halogens is 2. The van der Waals surface area contributed by atoms with E-state index in [1.807, 2.05) is 6.92 Å². The first kappa shape index (κ1) is 15.5. The molecule has 0 saturated carbocycles. The third-order valence-electron chi connectivity index (χ3n) is 2.76. The first-order valence-corrected chi connectivity index (χ1v) is 6.95. The molecule has 0 bridgehead atoms. The maximum Gasteiger partial charge on any atom is 0.262 e. The van der Waals surface area contributed by atoms with Gasteiger partial charge in [-0.15, -0.1) is 0 Å². The molecular weight excluding hydrogens is 311 g/mol. The molecule has 0 saturated heterocycles. The minimum atomic E-state index is -0.324. The molecule has 0 aromatic heterocycles. The van der Waals surface area contributed by atoms with Gasteiger partial charge in [0.2, 0.25) is 0 Å². The van der Waals surface area contributed by atoms with Gasteiger partial charge in [0.25, 0.3) is 5.91 Å². The van der Waals surface area contributed by atoms with Gasteiger partial charge in [-0.2, -0.15) is 0 Å². The molecule has 3 N–H and O–H groups in total. The Morgan fingerprint density at radius 1 is 1.24 bits per heavy atom. The number of rotatable bonds is 4. The van der Waals surface area contributed by atoms with Crippen LogP contribution in [0.3, 0.4) is 0 Å². The van der Waals surface area contributed by atoms with Gasteiger partial charge in [-0.1, -0.05) is 23.2 Å². The van der Waals surface area contributed by atoms with E-state index < -0.39 is 0 Å². The average Bonchev–Trinajstić information content (AvgIpc) is 2.42. The second-order valence-electron chi connectivity index (χ2n) is 4.49. The number of ether oxygens (including phenoxy) is 1. The lowest BCUT2D eigenvalue weighted by Crippen LogP contribution is -2.20. The number of benzene rings is 2. The maximum atomic E-state index is 11.9. The molecule has 4 nitrogen and oxygen atoms in total. The molecule has 0 aliphatic heterocycles. The molecule has 0 spiro atoms. The number of amides is 1. The van der Waals surface area contributed by atoms with Crippen LogP contribution in [0.1, 0.15) is 5.56 Å². The van der Waals surface area contributed by atoms with Gasteiger partial charge in [0.15, 0.2) is 6.61 Å². The van der Waals surface area contributed by atoms with E-state index in [0.717, 1.165) is 5.56 Å². The van der Waals surface area contributed by atoms with Crippen LogP contribution in [0.2, 0.25) is 10.0 Å². The van der Waals surface area contributed by atoms with Gasteiger partial charge in [0.05, 0.1) is 10.7 Å². The van der Waals surface area contributed by atoms with Gasteiger partial charge < -0.3 is 15.8 Å². The summed E-state index contributed by atoms with van der Waals surface area (Å²) in [5.74, 6) is 0.284.